The van der Waals surface area contributed by atoms with Gasteiger partial charge in [0.05, 0.1) is 15.8 Å². The van der Waals surface area contributed by atoms with Crippen molar-refractivity contribution in [2.75, 3.05) is 5.09 Å². The monoisotopic (exact) mass is 524 g/mol. The molecular weight excluding hydrogens is 502 g/mol. The average Bonchev–Trinajstić information content (AvgIpc) is 3.29. The molecule has 0 atom stereocenters. The molecule has 4 aromatic rings. The van der Waals surface area contributed by atoms with E-state index in [-0.39, 0.29) is 0 Å². The van der Waals surface area contributed by atoms with Crippen LogP contribution in [0, 0.1) is 13.8 Å². The Labute approximate surface area is 214 Å². The summed E-state index contributed by atoms with van der Waals surface area (Å²) in [5.74, 6) is 3.07. The van der Waals surface area contributed by atoms with Crippen molar-refractivity contribution in [2.24, 2.45) is 0 Å². The van der Waals surface area contributed by atoms with Crippen molar-refractivity contribution in [3.8, 4) is 11.3 Å². The van der Waals surface area contributed by atoms with Gasteiger partial charge >= 0.3 is 0 Å². The van der Waals surface area contributed by atoms with E-state index in [2.05, 4.69) is 37.1 Å². The van der Waals surface area contributed by atoms with Crippen molar-refractivity contribution in [2.45, 2.75) is 13.8 Å². The second-order valence-electron chi connectivity index (χ2n) is 7.86. The third kappa shape index (κ3) is 6.08. The molecule has 0 saturated carbocycles. The highest BCUT2D eigenvalue weighted by Crippen LogP contribution is 2.54. The summed E-state index contributed by atoms with van der Waals surface area (Å²) in [6.45, 7) is 4.10. The normalized spacial score (nSPS) is 14.0. The van der Waals surface area contributed by atoms with Gasteiger partial charge in [0.1, 0.15) is 0 Å². The van der Waals surface area contributed by atoms with Gasteiger partial charge in [-0.2, -0.15) is 0 Å². The van der Waals surface area contributed by atoms with Crippen molar-refractivity contribution in [3.05, 3.63) is 118 Å². The zero-order valence-corrected chi connectivity index (χ0v) is 21.9. The fourth-order valence-electron chi connectivity index (χ4n) is 3.39. The minimum Gasteiger partial charge on any atom is -0.306 e. The highest BCUT2D eigenvalue weighted by atomic mass is 35.5. The predicted octanol–water partition coefficient (Wildman–Crippen LogP) is 9.59. The topological polar surface area (TPSA) is 42.0 Å². The fourth-order valence-corrected chi connectivity index (χ4v) is 7.23. The van der Waals surface area contributed by atoms with Gasteiger partial charge < -0.3 is 5.09 Å². The van der Waals surface area contributed by atoms with Gasteiger partial charge in [-0.25, -0.2) is 4.98 Å². The van der Waals surface area contributed by atoms with Crippen LogP contribution in [0.25, 0.3) is 21.3 Å². The van der Waals surface area contributed by atoms with Crippen molar-refractivity contribution in [1.82, 2.24) is 4.98 Å². The Morgan fingerprint density at radius 1 is 0.882 bits per heavy atom. The minimum atomic E-state index is -3.37. The number of hydrogen-bond acceptors (Lipinski definition) is 3. The van der Waals surface area contributed by atoms with Crippen LogP contribution in [-0.2, 0) is 4.57 Å². The van der Waals surface area contributed by atoms with Crippen LogP contribution in [0.4, 0.5) is 5.13 Å². The first-order valence-electron chi connectivity index (χ1n) is 10.6. The van der Waals surface area contributed by atoms with Crippen LogP contribution in [0.2, 0.25) is 0 Å². The first kappa shape index (κ1) is 24.5. The molecular formula is C27H23Cl2N2OPS. The summed E-state index contributed by atoms with van der Waals surface area (Å²) in [6.07, 6.45) is 0. The SMILES string of the molecule is Cc1ccc(C)c(-c2csc(NP(=O)(C=C(Cl)c3ccccc3)C=C(Cl)c3ccccc3)n2)c1. The molecule has 3 aromatic carbocycles. The Hall–Kier alpha value is -2.62. The van der Waals surface area contributed by atoms with Crippen LogP contribution in [0.3, 0.4) is 0 Å². The van der Waals surface area contributed by atoms with E-state index < -0.39 is 7.29 Å². The van der Waals surface area contributed by atoms with Gasteiger partial charge in [-0.3, -0.25) is 4.57 Å². The summed E-state index contributed by atoms with van der Waals surface area (Å²) >= 11 is 14.6. The molecule has 7 heteroatoms. The summed E-state index contributed by atoms with van der Waals surface area (Å²) in [7, 11) is -3.37. The lowest BCUT2D eigenvalue weighted by Crippen LogP contribution is -1.94. The van der Waals surface area contributed by atoms with Crippen LogP contribution < -0.4 is 5.09 Å². The van der Waals surface area contributed by atoms with Crippen molar-refractivity contribution in [3.63, 3.8) is 0 Å². The van der Waals surface area contributed by atoms with E-state index in [1.54, 1.807) is 0 Å². The molecule has 0 aliphatic rings. The van der Waals surface area contributed by atoms with Gasteiger partial charge in [0.2, 0.25) is 7.29 Å². The molecule has 172 valence electrons. The Bertz CT molecular complexity index is 1340. The molecule has 0 spiro atoms. The molecule has 0 unspecified atom stereocenters. The fraction of sp³-hybridized carbons (Fsp3) is 0.0741. The van der Waals surface area contributed by atoms with Crippen molar-refractivity contribution >= 4 is 57.0 Å². The number of nitrogens with zero attached hydrogens (tertiary/aromatic N) is 1. The molecule has 1 heterocycles. The Morgan fingerprint density at radius 3 is 2.00 bits per heavy atom. The number of thiazole rings is 1. The largest absolute Gasteiger partial charge is 0.306 e. The van der Waals surface area contributed by atoms with Crippen LogP contribution >= 0.6 is 41.8 Å². The van der Waals surface area contributed by atoms with Gasteiger partial charge in [-0.15, -0.1) is 11.3 Å². The number of benzene rings is 3. The van der Waals surface area contributed by atoms with E-state index in [1.165, 1.54) is 23.0 Å². The van der Waals surface area contributed by atoms with Crippen LogP contribution in [0.15, 0.2) is 95.9 Å². The predicted molar refractivity (Wildman–Crippen MR) is 149 cm³/mol. The van der Waals surface area contributed by atoms with Crippen molar-refractivity contribution < 1.29 is 4.57 Å². The molecule has 0 amide bonds. The smallest absolute Gasteiger partial charge is 0.217 e. The quantitative estimate of drug-likeness (QED) is 0.244. The summed E-state index contributed by atoms with van der Waals surface area (Å²) in [6, 6.07) is 25.1. The highest BCUT2D eigenvalue weighted by Gasteiger charge is 2.21. The number of hydrogen-bond donors (Lipinski definition) is 1. The Morgan fingerprint density at radius 2 is 1.44 bits per heavy atom. The third-order valence-corrected chi connectivity index (χ3v) is 8.87. The molecule has 0 aliphatic carbocycles. The van der Waals surface area contributed by atoms with E-state index >= 15 is 0 Å². The molecule has 4 rings (SSSR count). The lowest BCUT2D eigenvalue weighted by Gasteiger charge is -2.14. The first-order valence-corrected chi connectivity index (χ1v) is 14.1. The standard InChI is InChI=1S/C27H23Cl2N2OPS/c1-19-13-14-20(2)23(15-19)26-18-34-27(30-26)31-33(32,16-24(28)21-9-5-3-6-10-21)17-25(29)22-11-7-4-8-12-22/h3-18H,1-2H3,(H,30,31,32). The second kappa shape index (κ2) is 10.8. The first-order chi connectivity index (χ1) is 16.3. The van der Waals surface area contributed by atoms with Gasteiger partial charge in [0, 0.05) is 22.6 Å². The van der Waals surface area contributed by atoms with E-state index in [1.807, 2.05) is 66.0 Å². The molecule has 0 fully saturated rings. The number of halogens is 2. The third-order valence-electron chi connectivity index (χ3n) is 5.15. The number of nitrogens with one attached hydrogen (secondary N) is 1. The minimum absolute atomic E-state index is 0.372. The Balaban J connectivity index is 1.72. The molecule has 0 aliphatic heterocycles. The van der Waals surface area contributed by atoms with E-state index in [0.29, 0.717) is 15.2 Å². The summed E-state index contributed by atoms with van der Waals surface area (Å²) < 4.78 is 14.2. The molecule has 0 bridgehead atoms. The van der Waals surface area contributed by atoms with Gasteiger partial charge in [0.25, 0.3) is 0 Å². The summed E-state index contributed by atoms with van der Waals surface area (Å²) in [5, 5.41) is 6.35. The van der Waals surface area contributed by atoms with Crippen LogP contribution in [0.5, 0.6) is 0 Å². The summed E-state index contributed by atoms with van der Waals surface area (Å²) in [4.78, 5) is 4.72. The van der Waals surface area contributed by atoms with E-state index in [9.17, 15) is 4.57 Å². The highest BCUT2D eigenvalue weighted by molar-refractivity contribution is 7.72. The Kier molecular flexibility index (Phi) is 7.75. The van der Waals surface area contributed by atoms with Gasteiger partial charge in [-0.1, -0.05) is 102 Å². The molecule has 3 nitrogen and oxygen atoms in total. The molecule has 1 aromatic heterocycles. The van der Waals surface area contributed by atoms with Crippen LogP contribution in [-0.4, -0.2) is 4.98 Å². The second-order valence-corrected chi connectivity index (χ2v) is 11.7. The van der Waals surface area contributed by atoms with Crippen molar-refractivity contribution in [1.29, 1.82) is 0 Å². The average molecular weight is 525 g/mol. The molecule has 1 N–H and O–H groups in total. The van der Waals surface area contributed by atoms with Gasteiger partial charge in [-0.05, 0) is 36.6 Å². The molecule has 34 heavy (non-hydrogen) atoms. The number of anilines is 1. The maximum Gasteiger partial charge on any atom is 0.217 e. The lowest BCUT2D eigenvalue weighted by atomic mass is 10.0. The molecule has 0 saturated heterocycles. The van der Waals surface area contributed by atoms with Crippen LogP contribution in [0.1, 0.15) is 22.3 Å². The number of rotatable bonds is 7. The zero-order valence-electron chi connectivity index (χ0n) is 18.7. The number of aromatic nitrogens is 1. The zero-order chi connectivity index (χ0) is 24.1. The lowest BCUT2D eigenvalue weighted by molar-refractivity contribution is 0.589. The molecule has 0 radical (unpaired) electrons. The van der Waals surface area contributed by atoms with E-state index in [0.717, 1.165) is 33.5 Å². The van der Waals surface area contributed by atoms with E-state index in [4.69, 9.17) is 28.2 Å². The maximum absolute atomic E-state index is 14.2. The number of aryl methyl sites for hydroxylation is 2. The summed E-state index contributed by atoms with van der Waals surface area (Å²) in [5.41, 5.74) is 5.70. The maximum atomic E-state index is 14.2. The van der Waals surface area contributed by atoms with Gasteiger partial charge in [0.15, 0.2) is 5.13 Å².